The summed E-state index contributed by atoms with van der Waals surface area (Å²) >= 11 is 18.5. The van der Waals surface area contributed by atoms with Gasteiger partial charge < -0.3 is 4.74 Å². The van der Waals surface area contributed by atoms with Crippen LogP contribution in [0.15, 0.2) is 53.4 Å². The van der Waals surface area contributed by atoms with Crippen molar-refractivity contribution in [2.24, 2.45) is 0 Å². The molecule has 31 heavy (non-hydrogen) atoms. The van der Waals surface area contributed by atoms with E-state index in [-0.39, 0.29) is 37.1 Å². The van der Waals surface area contributed by atoms with Gasteiger partial charge >= 0.3 is 0 Å². The zero-order valence-corrected chi connectivity index (χ0v) is 19.2. The number of nitrogens with zero attached hydrogens (tertiary/aromatic N) is 1. The molecular weight excluding hydrogens is 487 g/mol. The van der Waals surface area contributed by atoms with Crippen LogP contribution in [0.4, 0.5) is 11.4 Å². The Balaban J connectivity index is 1.94. The summed E-state index contributed by atoms with van der Waals surface area (Å²) in [5.74, 6) is 0.0328. The Labute approximate surface area is 193 Å². The van der Waals surface area contributed by atoms with Crippen LogP contribution in [-0.4, -0.2) is 13.3 Å². The third kappa shape index (κ3) is 5.04. The number of halogens is 3. The van der Waals surface area contributed by atoms with E-state index in [2.05, 4.69) is 4.72 Å². The highest BCUT2D eigenvalue weighted by Gasteiger charge is 2.22. The highest BCUT2D eigenvalue weighted by Crippen LogP contribution is 2.41. The molecule has 0 amide bonds. The summed E-state index contributed by atoms with van der Waals surface area (Å²) in [7, 11) is -3.99. The van der Waals surface area contributed by atoms with Crippen molar-refractivity contribution in [1.29, 1.82) is 0 Å². The maximum absolute atomic E-state index is 12.9. The number of non-ortho nitro benzene ring substituents is 1. The first-order valence-electron chi connectivity index (χ1n) is 8.69. The van der Waals surface area contributed by atoms with Gasteiger partial charge in [-0.1, -0.05) is 53.0 Å². The number of sulfonamides is 1. The zero-order valence-electron chi connectivity index (χ0n) is 16.1. The summed E-state index contributed by atoms with van der Waals surface area (Å²) in [5.41, 5.74) is 1.77. The average molecular weight is 502 g/mol. The molecule has 1 N–H and O–H groups in total. The standard InChI is InChI=1S/C20H15Cl3N2O5S/c1-11-4-3-5-12(2)19(11)24-31(28,29)14-9-16(22)20(17(23)10-14)30-18-7-6-13(25(26)27)8-15(18)21/h3-10,24H,1-2H3. The molecule has 0 bridgehead atoms. The third-order valence-corrected chi connectivity index (χ3v) is 6.52. The first kappa shape index (κ1) is 23.1. The van der Waals surface area contributed by atoms with Gasteiger partial charge in [0.1, 0.15) is 5.75 Å². The van der Waals surface area contributed by atoms with E-state index in [4.69, 9.17) is 39.5 Å². The molecule has 0 fully saturated rings. The predicted molar refractivity (Wildman–Crippen MR) is 121 cm³/mol. The molecule has 0 unspecified atom stereocenters. The van der Waals surface area contributed by atoms with Crippen LogP contribution >= 0.6 is 34.8 Å². The molecule has 3 aromatic carbocycles. The van der Waals surface area contributed by atoms with Crippen molar-refractivity contribution in [3.05, 3.63) is 84.8 Å². The van der Waals surface area contributed by atoms with E-state index in [9.17, 15) is 18.5 Å². The van der Waals surface area contributed by atoms with Crippen molar-refractivity contribution in [1.82, 2.24) is 0 Å². The van der Waals surface area contributed by atoms with E-state index < -0.39 is 14.9 Å². The smallest absolute Gasteiger partial charge is 0.271 e. The first-order valence-corrected chi connectivity index (χ1v) is 11.3. The van der Waals surface area contributed by atoms with Crippen LogP contribution in [0, 0.1) is 24.0 Å². The monoisotopic (exact) mass is 500 g/mol. The summed E-state index contributed by atoms with van der Waals surface area (Å²) in [5, 5.41) is 10.6. The maximum Gasteiger partial charge on any atom is 0.271 e. The van der Waals surface area contributed by atoms with Crippen molar-refractivity contribution in [3.8, 4) is 11.5 Å². The van der Waals surface area contributed by atoms with E-state index in [0.29, 0.717) is 5.69 Å². The molecule has 0 aliphatic heterocycles. The number of benzene rings is 3. The van der Waals surface area contributed by atoms with Gasteiger partial charge in [0.25, 0.3) is 15.7 Å². The molecule has 0 heterocycles. The Hall–Kier alpha value is -2.52. The Morgan fingerprint density at radius 2 is 1.52 bits per heavy atom. The number of para-hydroxylation sites is 1. The Morgan fingerprint density at radius 1 is 0.935 bits per heavy atom. The lowest BCUT2D eigenvalue weighted by molar-refractivity contribution is -0.384. The second-order valence-electron chi connectivity index (χ2n) is 6.56. The first-order chi connectivity index (χ1) is 14.5. The summed E-state index contributed by atoms with van der Waals surface area (Å²) in [6, 6.07) is 11.4. The predicted octanol–water partition coefficient (Wildman–Crippen LogP) is 6.76. The van der Waals surface area contributed by atoms with Crippen LogP contribution in [0.25, 0.3) is 0 Å². The van der Waals surface area contributed by atoms with Crippen molar-refractivity contribution in [2.75, 3.05) is 4.72 Å². The van der Waals surface area contributed by atoms with Crippen molar-refractivity contribution in [2.45, 2.75) is 18.7 Å². The van der Waals surface area contributed by atoms with Gasteiger partial charge in [0.05, 0.1) is 30.6 Å². The summed E-state index contributed by atoms with van der Waals surface area (Å²) in [4.78, 5) is 10.1. The Morgan fingerprint density at radius 3 is 2.03 bits per heavy atom. The van der Waals surface area contributed by atoms with Gasteiger partial charge in [-0.25, -0.2) is 8.42 Å². The van der Waals surface area contributed by atoms with Crippen molar-refractivity contribution >= 4 is 56.2 Å². The van der Waals surface area contributed by atoms with Gasteiger partial charge in [0, 0.05) is 12.1 Å². The van der Waals surface area contributed by atoms with Crippen LogP contribution in [0.2, 0.25) is 15.1 Å². The van der Waals surface area contributed by atoms with E-state index in [1.165, 1.54) is 24.3 Å². The zero-order chi connectivity index (χ0) is 22.9. The number of nitro groups is 1. The molecule has 7 nitrogen and oxygen atoms in total. The molecule has 0 aromatic heterocycles. The number of nitrogens with one attached hydrogen (secondary N) is 1. The molecular formula is C20H15Cl3N2O5S. The fraction of sp³-hybridized carbons (Fsp3) is 0.100. The van der Waals surface area contributed by atoms with E-state index in [1.54, 1.807) is 26.0 Å². The average Bonchev–Trinajstić information content (AvgIpc) is 2.68. The van der Waals surface area contributed by atoms with Gasteiger partial charge in [0.2, 0.25) is 0 Å². The summed E-state index contributed by atoms with van der Waals surface area (Å²) in [6.45, 7) is 3.57. The second-order valence-corrected chi connectivity index (χ2v) is 9.47. The normalized spacial score (nSPS) is 11.3. The van der Waals surface area contributed by atoms with Crippen molar-refractivity contribution < 1.29 is 18.1 Å². The number of ether oxygens (including phenoxy) is 1. The van der Waals surface area contributed by atoms with Crippen LogP contribution < -0.4 is 9.46 Å². The SMILES string of the molecule is Cc1cccc(C)c1NS(=O)(=O)c1cc(Cl)c(Oc2ccc([N+](=O)[O-])cc2Cl)c(Cl)c1. The van der Waals surface area contributed by atoms with Crippen molar-refractivity contribution in [3.63, 3.8) is 0 Å². The molecule has 3 rings (SSSR count). The lowest BCUT2D eigenvalue weighted by atomic mass is 10.1. The molecule has 11 heteroatoms. The quantitative estimate of drug-likeness (QED) is 0.297. The van der Waals surface area contributed by atoms with Gasteiger partial charge in [0.15, 0.2) is 5.75 Å². The maximum atomic E-state index is 12.9. The summed E-state index contributed by atoms with van der Waals surface area (Å²) < 4.78 is 33.9. The van der Waals surface area contributed by atoms with Crippen LogP contribution in [0.3, 0.4) is 0 Å². The van der Waals surface area contributed by atoms with E-state index in [1.807, 2.05) is 6.07 Å². The number of anilines is 1. The molecule has 0 saturated carbocycles. The minimum absolute atomic E-state index is 0.0327. The lowest BCUT2D eigenvalue weighted by Crippen LogP contribution is -2.15. The van der Waals surface area contributed by atoms with Crippen LogP contribution in [-0.2, 0) is 10.0 Å². The van der Waals surface area contributed by atoms with E-state index >= 15 is 0 Å². The summed E-state index contributed by atoms with van der Waals surface area (Å²) in [6.07, 6.45) is 0. The van der Waals surface area contributed by atoms with Gasteiger partial charge in [-0.3, -0.25) is 14.8 Å². The minimum Gasteiger partial charge on any atom is -0.453 e. The molecule has 0 radical (unpaired) electrons. The topological polar surface area (TPSA) is 98.5 Å². The second kappa shape index (κ2) is 8.92. The molecule has 162 valence electrons. The van der Waals surface area contributed by atoms with Gasteiger partial charge in [-0.05, 0) is 43.2 Å². The fourth-order valence-corrected chi connectivity index (χ4v) is 4.92. The van der Waals surface area contributed by atoms with Gasteiger partial charge in [-0.2, -0.15) is 0 Å². The highest BCUT2D eigenvalue weighted by atomic mass is 35.5. The highest BCUT2D eigenvalue weighted by molar-refractivity contribution is 7.92. The lowest BCUT2D eigenvalue weighted by Gasteiger charge is -2.15. The largest absolute Gasteiger partial charge is 0.453 e. The molecule has 0 spiro atoms. The fourth-order valence-electron chi connectivity index (χ4n) is 2.75. The van der Waals surface area contributed by atoms with Crippen LogP contribution in [0.5, 0.6) is 11.5 Å². The molecule has 0 atom stereocenters. The number of hydrogen-bond acceptors (Lipinski definition) is 5. The number of nitro benzene ring substituents is 1. The van der Waals surface area contributed by atoms with Crippen LogP contribution in [0.1, 0.15) is 11.1 Å². The number of rotatable bonds is 6. The molecule has 0 aliphatic rings. The third-order valence-electron chi connectivity index (χ3n) is 4.34. The number of aryl methyl sites for hydroxylation is 2. The number of hydrogen-bond donors (Lipinski definition) is 1. The molecule has 0 saturated heterocycles. The van der Waals surface area contributed by atoms with Gasteiger partial charge in [-0.15, -0.1) is 0 Å². The Kier molecular flexibility index (Phi) is 6.66. The minimum atomic E-state index is -3.99. The molecule has 0 aliphatic carbocycles. The van der Waals surface area contributed by atoms with E-state index in [0.717, 1.165) is 17.2 Å². The molecule has 3 aromatic rings. The Bertz CT molecular complexity index is 1250.